The molecule has 104 valence electrons. The highest BCUT2D eigenvalue weighted by atomic mass is 79.9. The Balaban J connectivity index is 3.18. The van der Waals surface area contributed by atoms with E-state index in [0.29, 0.717) is 15.8 Å². The summed E-state index contributed by atoms with van der Waals surface area (Å²) >= 11 is 9.31. The van der Waals surface area contributed by atoms with Gasteiger partial charge in [-0.1, -0.05) is 18.5 Å². The highest BCUT2D eigenvalue weighted by Crippen LogP contribution is 2.47. The topological polar surface area (TPSA) is 12.0 Å². The monoisotopic (exact) mass is 371 g/mol. The zero-order chi connectivity index (χ0) is 14.1. The van der Waals surface area contributed by atoms with Crippen molar-refractivity contribution in [3.8, 4) is 0 Å². The SMILES string of the molecule is CCNC(c1cc(Br)c(Cl)s1)C(F)(F)C(F)(F)F. The van der Waals surface area contributed by atoms with Gasteiger partial charge in [-0.2, -0.15) is 22.0 Å². The molecule has 1 unspecified atom stereocenters. The number of nitrogens with one attached hydrogen (secondary N) is 1. The van der Waals surface area contributed by atoms with E-state index in [9.17, 15) is 22.0 Å². The van der Waals surface area contributed by atoms with E-state index in [1.165, 1.54) is 13.0 Å². The number of halogens is 7. The molecule has 0 saturated heterocycles. The minimum absolute atomic E-state index is 0.0243. The van der Waals surface area contributed by atoms with Crippen LogP contribution < -0.4 is 5.32 Å². The first-order chi connectivity index (χ1) is 8.11. The molecule has 0 aliphatic carbocycles. The average Bonchev–Trinajstić information content (AvgIpc) is 2.53. The van der Waals surface area contributed by atoms with Crippen LogP contribution in [-0.2, 0) is 0 Å². The molecule has 0 saturated carbocycles. The van der Waals surface area contributed by atoms with Crippen molar-refractivity contribution in [3.63, 3.8) is 0 Å². The van der Waals surface area contributed by atoms with Crippen molar-refractivity contribution < 1.29 is 22.0 Å². The third kappa shape index (κ3) is 3.15. The predicted molar refractivity (Wildman–Crippen MR) is 64.4 cm³/mol. The molecule has 0 fully saturated rings. The number of hydrogen-bond acceptors (Lipinski definition) is 2. The normalized spacial score (nSPS) is 14.9. The van der Waals surface area contributed by atoms with E-state index in [4.69, 9.17) is 11.6 Å². The Kier molecular flexibility index (Phi) is 5.02. The van der Waals surface area contributed by atoms with E-state index in [0.717, 1.165) is 0 Å². The maximum absolute atomic E-state index is 13.4. The fraction of sp³-hybridized carbons (Fsp3) is 0.556. The molecule has 0 aliphatic heterocycles. The van der Waals surface area contributed by atoms with Crippen LogP contribution in [0.15, 0.2) is 10.5 Å². The molecule has 0 amide bonds. The van der Waals surface area contributed by atoms with Gasteiger partial charge in [0.15, 0.2) is 0 Å². The minimum Gasteiger partial charge on any atom is -0.304 e. The molecule has 1 rings (SSSR count). The van der Waals surface area contributed by atoms with Gasteiger partial charge in [0.25, 0.3) is 0 Å². The molecule has 0 spiro atoms. The molecule has 1 N–H and O–H groups in total. The summed E-state index contributed by atoms with van der Waals surface area (Å²) in [6.07, 6.45) is -5.62. The van der Waals surface area contributed by atoms with Gasteiger partial charge >= 0.3 is 12.1 Å². The fourth-order valence-electron chi connectivity index (χ4n) is 1.28. The van der Waals surface area contributed by atoms with Crippen LogP contribution in [0.1, 0.15) is 17.8 Å². The van der Waals surface area contributed by atoms with Crippen molar-refractivity contribution in [3.05, 3.63) is 19.8 Å². The van der Waals surface area contributed by atoms with Gasteiger partial charge < -0.3 is 5.32 Å². The first-order valence-corrected chi connectivity index (χ1v) is 6.72. The van der Waals surface area contributed by atoms with Gasteiger partial charge in [0.2, 0.25) is 0 Å². The Bertz CT molecular complexity index is 400. The Hall–Kier alpha value is 0.0800. The van der Waals surface area contributed by atoms with Crippen molar-refractivity contribution in [1.29, 1.82) is 0 Å². The largest absolute Gasteiger partial charge is 0.455 e. The minimum atomic E-state index is -5.62. The van der Waals surface area contributed by atoms with Crippen molar-refractivity contribution in [2.45, 2.75) is 25.1 Å². The maximum atomic E-state index is 13.4. The van der Waals surface area contributed by atoms with E-state index < -0.39 is 18.1 Å². The van der Waals surface area contributed by atoms with Crippen molar-refractivity contribution in [1.82, 2.24) is 5.32 Å². The van der Waals surface area contributed by atoms with Gasteiger partial charge in [0, 0.05) is 9.35 Å². The van der Waals surface area contributed by atoms with Crippen LogP contribution in [0.4, 0.5) is 22.0 Å². The third-order valence-corrected chi connectivity index (χ3v) is 4.64. The molecule has 0 radical (unpaired) electrons. The van der Waals surface area contributed by atoms with Gasteiger partial charge in [0.05, 0.1) is 0 Å². The summed E-state index contributed by atoms with van der Waals surface area (Å²) in [4.78, 5) is -0.170. The molecule has 1 heterocycles. The van der Waals surface area contributed by atoms with E-state index in [1.807, 2.05) is 0 Å². The van der Waals surface area contributed by atoms with E-state index in [-0.39, 0.29) is 15.8 Å². The first kappa shape index (κ1) is 16.1. The quantitative estimate of drug-likeness (QED) is 0.733. The van der Waals surface area contributed by atoms with Crippen molar-refractivity contribution in [2.24, 2.45) is 0 Å². The number of hydrogen-bond donors (Lipinski definition) is 1. The van der Waals surface area contributed by atoms with Crippen LogP contribution in [0.25, 0.3) is 0 Å². The molecule has 1 aromatic heterocycles. The Morgan fingerprint density at radius 2 is 1.94 bits per heavy atom. The van der Waals surface area contributed by atoms with Crippen LogP contribution in [0, 0.1) is 0 Å². The fourth-order valence-corrected chi connectivity index (χ4v) is 3.13. The van der Waals surface area contributed by atoms with Crippen LogP contribution in [-0.4, -0.2) is 18.6 Å². The second kappa shape index (κ2) is 5.60. The summed E-state index contributed by atoms with van der Waals surface area (Å²) in [5, 5.41) is 2.15. The summed E-state index contributed by atoms with van der Waals surface area (Å²) in [7, 11) is 0. The average molecular weight is 373 g/mol. The van der Waals surface area contributed by atoms with Gasteiger partial charge in [-0.05, 0) is 28.5 Å². The number of rotatable bonds is 4. The van der Waals surface area contributed by atoms with Crippen LogP contribution >= 0.6 is 38.9 Å². The zero-order valence-electron chi connectivity index (χ0n) is 8.92. The van der Waals surface area contributed by atoms with Crippen LogP contribution in [0.3, 0.4) is 0 Å². The summed E-state index contributed by atoms with van der Waals surface area (Å²) in [5.41, 5.74) is 0. The smallest absolute Gasteiger partial charge is 0.304 e. The van der Waals surface area contributed by atoms with Gasteiger partial charge in [0.1, 0.15) is 10.4 Å². The molecule has 0 bridgehead atoms. The molecular weight excluding hydrogens is 365 g/mol. The summed E-state index contributed by atoms with van der Waals surface area (Å²) in [5.74, 6) is -4.86. The van der Waals surface area contributed by atoms with E-state index in [2.05, 4.69) is 21.2 Å². The lowest BCUT2D eigenvalue weighted by molar-refractivity contribution is -0.294. The van der Waals surface area contributed by atoms with Gasteiger partial charge in [-0.3, -0.25) is 0 Å². The maximum Gasteiger partial charge on any atom is 0.455 e. The lowest BCUT2D eigenvalue weighted by atomic mass is 10.1. The Labute approximate surface area is 117 Å². The molecule has 9 heteroatoms. The van der Waals surface area contributed by atoms with Crippen LogP contribution in [0.2, 0.25) is 4.34 Å². The molecule has 1 atom stereocenters. The second-order valence-electron chi connectivity index (χ2n) is 3.38. The molecule has 0 aromatic carbocycles. The number of thiophene rings is 1. The second-order valence-corrected chi connectivity index (χ2v) is 5.92. The van der Waals surface area contributed by atoms with Crippen LogP contribution in [0.5, 0.6) is 0 Å². The van der Waals surface area contributed by atoms with Crippen molar-refractivity contribution >= 4 is 38.9 Å². The number of alkyl halides is 5. The lowest BCUT2D eigenvalue weighted by Gasteiger charge is -2.28. The molecule has 1 aromatic rings. The van der Waals surface area contributed by atoms with Crippen molar-refractivity contribution in [2.75, 3.05) is 6.54 Å². The molecule has 1 nitrogen and oxygen atoms in total. The van der Waals surface area contributed by atoms with E-state index >= 15 is 0 Å². The third-order valence-electron chi connectivity index (χ3n) is 2.10. The highest BCUT2D eigenvalue weighted by Gasteiger charge is 2.63. The summed E-state index contributed by atoms with van der Waals surface area (Å²) < 4.78 is 64.3. The van der Waals surface area contributed by atoms with Gasteiger partial charge in [-0.25, -0.2) is 0 Å². The highest BCUT2D eigenvalue weighted by molar-refractivity contribution is 9.10. The standard InChI is InChI=1S/C9H8BrClF5NS/c1-2-17-6(8(12,13)9(14,15)16)5-3-4(10)7(11)18-5/h3,6,17H,2H2,1H3. The molecule has 18 heavy (non-hydrogen) atoms. The molecule has 0 aliphatic rings. The molecular formula is C9H8BrClF5NS. The van der Waals surface area contributed by atoms with Gasteiger partial charge in [-0.15, -0.1) is 11.3 Å². The Morgan fingerprint density at radius 1 is 1.39 bits per heavy atom. The summed E-state index contributed by atoms with van der Waals surface area (Å²) in [6.45, 7) is 1.42. The van der Waals surface area contributed by atoms with E-state index in [1.54, 1.807) is 0 Å². The lowest BCUT2D eigenvalue weighted by Crippen LogP contribution is -2.47. The zero-order valence-corrected chi connectivity index (χ0v) is 12.1. The predicted octanol–water partition coefficient (Wildman–Crippen LogP) is 5.01. The summed E-state index contributed by atoms with van der Waals surface area (Å²) in [6, 6.07) is -0.976. The Morgan fingerprint density at radius 3 is 2.28 bits per heavy atom. The first-order valence-electron chi connectivity index (χ1n) is 4.74.